The molecule has 0 radical (unpaired) electrons. The molecule has 0 bridgehead atoms. The van der Waals surface area contributed by atoms with Crippen LogP contribution in [0.15, 0.2) is 0 Å². The highest BCUT2D eigenvalue weighted by Gasteiger charge is 2.28. The van der Waals surface area contributed by atoms with Crippen LogP contribution in [0.5, 0.6) is 0 Å². The Balaban J connectivity index is 2.24. The van der Waals surface area contributed by atoms with Gasteiger partial charge in [0, 0.05) is 13.1 Å². The maximum absolute atomic E-state index is 10.6. The minimum Gasteiger partial charge on any atom is -0.348 e. The number of anilines is 1. The standard InChI is InChI=1S/C9H12N2OS/c1-6-8(5-12)13-9(10-6)11(2)7-3-4-7/h5,7H,3-4H2,1-2H3. The van der Waals surface area contributed by atoms with E-state index in [1.807, 2.05) is 14.0 Å². The van der Waals surface area contributed by atoms with Gasteiger partial charge in [-0.1, -0.05) is 11.3 Å². The first kappa shape index (κ1) is 8.69. The van der Waals surface area contributed by atoms with E-state index in [9.17, 15) is 4.79 Å². The summed E-state index contributed by atoms with van der Waals surface area (Å²) < 4.78 is 0. The Morgan fingerprint density at radius 3 is 2.77 bits per heavy atom. The molecule has 1 aromatic rings. The number of nitrogens with zero attached hydrogens (tertiary/aromatic N) is 2. The first-order valence-electron chi connectivity index (χ1n) is 4.38. The molecule has 0 N–H and O–H groups in total. The summed E-state index contributed by atoms with van der Waals surface area (Å²) in [5, 5.41) is 0.974. The SMILES string of the molecule is Cc1nc(N(C)C2CC2)sc1C=O. The second kappa shape index (κ2) is 3.10. The zero-order chi connectivity index (χ0) is 9.42. The highest BCUT2D eigenvalue weighted by molar-refractivity contribution is 7.17. The molecule has 1 aliphatic carbocycles. The topological polar surface area (TPSA) is 33.2 Å². The quantitative estimate of drug-likeness (QED) is 0.692. The maximum atomic E-state index is 10.6. The van der Waals surface area contributed by atoms with Gasteiger partial charge in [0.2, 0.25) is 0 Å². The van der Waals surface area contributed by atoms with Gasteiger partial charge in [-0.25, -0.2) is 4.98 Å². The molecule has 1 saturated carbocycles. The van der Waals surface area contributed by atoms with Crippen molar-refractivity contribution in [3.8, 4) is 0 Å². The molecule has 1 fully saturated rings. The van der Waals surface area contributed by atoms with Gasteiger partial charge < -0.3 is 4.90 Å². The minimum absolute atomic E-state index is 0.657. The van der Waals surface area contributed by atoms with E-state index in [2.05, 4.69) is 9.88 Å². The van der Waals surface area contributed by atoms with Gasteiger partial charge in [0.05, 0.1) is 10.6 Å². The number of aldehydes is 1. The lowest BCUT2D eigenvalue weighted by molar-refractivity contribution is 0.112. The summed E-state index contributed by atoms with van der Waals surface area (Å²) in [6.07, 6.45) is 3.40. The number of hydrogen-bond acceptors (Lipinski definition) is 4. The predicted molar refractivity (Wildman–Crippen MR) is 53.7 cm³/mol. The smallest absolute Gasteiger partial charge is 0.186 e. The maximum Gasteiger partial charge on any atom is 0.186 e. The van der Waals surface area contributed by atoms with Crippen molar-refractivity contribution in [2.24, 2.45) is 0 Å². The van der Waals surface area contributed by atoms with Gasteiger partial charge in [0.15, 0.2) is 11.4 Å². The van der Waals surface area contributed by atoms with Crippen molar-refractivity contribution >= 4 is 22.8 Å². The number of carbonyl (C=O) groups is 1. The Labute approximate surface area is 81.4 Å². The fraction of sp³-hybridized carbons (Fsp3) is 0.556. The van der Waals surface area contributed by atoms with Gasteiger partial charge >= 0.3 is 0 Å². The van der Waals surface area contributed by atoms with E-state index in [-0.39, 0.29) is 0 Å². The van der Waals surface area contributed by atoms with E-state index < -0.39 is 0 Å². The van der Waals surface area contributed by atoms with Crippen molar-refractivity contribution in [3.63, 3.8) is 0 Å². The molecule has 0 aromatic carbocycles. The van der Waals surface area contributed by atoms with Gasteiger partial charge in [-0.3, -0.25) is 4.79 Å². The van der Waals surface area contributed by atoms with Crippen LogP contribution in [0.4, 0.5) is 5.13 Å². The lowest BCUT2D eigenvalue weighted by Gasteiger charge is -2.13. The largest absolute Gasteiger partial charge is 0.348 e. The van der Waals surface area contributed by atoms with Gasteiger partial charge in [-0.2, -0.15) is 0 Å². The molecule has 0 saturated heterocycles. The fourth-order valence-corrected chi connectivity index (χ4v) is 2.19. The summed E-state index contributed by atoms with van der Waals surface area (Å²) in [6, 6.07) is 0.657. The van der Waals surface area contributed by atoms with E-state index in [1.54, 1.807) is 0 Å². The van der Waals surface area contributed by atoms with Gasteiger partial charge in [0.25, 0.3) is 0 Å². The van der Waals surface area contributed by atoms with Gasteiger partial charge in [-0.05, 0) is 19.8 Å². The number of carbonyl (C=O) groups excluding carboxylic acids is 1. The number of aryl methyl sites for hydroxylation is 1. The molecule has 3 nitrogen and oxygen atoms in total. The second-order valence-corrected chi connectivity index (χ2v) is 4.42. The third-order valence-electron chi connectivity index (χ3n) is 2.32. The van der Waals surface area contributed by atoms with Crippen molar-refractivity contribution in [1.29, 1.82) is 0 Å². The predicted octanol–water partition coefficient (Wildman–Crippen LogP) is 1.86. The highest BCUT2D eigenvalue weighted by atomic mass is 32.1. The van der Waals surface area contributed by atoms with Crippen LogP contribution in [0, 0.1) is 6.92 Å². The van der Waals surface area contributed by atoms with Gasteiger partial charge in [-0.15, -0.1) is 0 Å². The van der Waals surface area contributed by atoms with Crippen LogP contribution < -0.4 is 4.90 Å². The first-order valence-corrected chi connectivity index (χ1v) is 5.19. The van der Waals surface area contributed by atoms with Crippen LogP contribution in [0.2, 0.25) is 0 Å². The Hall–Kier alpha value is -0.900. The molecule has 0 amide bonds. The third kappa shape index (κ3) is 1.58. The Morgan fingerprint density at radius 2 is 2.31 bits per heavy atom. The number of thiazole rings is 1. The Morgan fingerprint density at radius 1 is 1.62 bits per heavy atom. The lowest BCUT2D eigenvalue weighted by atomic mass is 10.4. The Kier molecular flexibility index (Phi) is 2.07. The molecule has 2 rings (SSSR count). The molecule has 1 aliphatic rings. The van der Waals surface area contributed by atoms with Crippen LogP contribution >= 0.6 is 11.3 Å². The summed E-state index contributed by atoms with van der Waals surface area (Å²) >= 11 is 1.48. The molecule has 1 heterocycles. The molecule has 0 unspecified atom stereocenters. The number of aromatic nitrogens is 1. The minimum atomic E-state index is 0.657. The van der Waals surface area contributed by atoms with Crippen molar-refractivity contribution in [2.45, 2.75) is 25.8 Å². The molecule has 0 atom stereocenters. The van der Waals surface area contributed by atoms with E-state index in [0.717, 1.165) is 22.0 Å². The average molecular weight is 196 g/mol. The summed E-state index contributed by atoms with van der Waals surface area (Å²) in [5.41, 5.74) is 0.850. The van der Waals surface area contributed by atoms with Crippen molar-refractivity contribution in [2.75, 3.05) is 11.9 Å². The van der Waals surface area contributed by atoms with E-state index >= 15 is 0 Å². The second-order valence-electron chi connectivity index (χ2n) is 3.41. The Bertz CT molecular complexity index is 330. The van der Waals surface area contributed by atoms with Crippen LogP contribution in [0.1, 0.15) is 28.2 Å². The number of rotatable bonds is 3. The molecule has 13 heavy (non-hydrogen) atoms. The van der Waals surface area contributed by atoms with Crippen LogP contribution in [0.25, 0.3) is 0 Å². The van der Waals surface area contributed by atoms with Crippen LogP contribution in [-0.2, 0) is 0 Å². The molecule has 0 spiro atoms. The zero-order valence-electron chi connectivity index (χ0n) is 7.78. The van der Waals surface area contributed by atoms with Crippen molar-refractivity contribution in [3.05, 3.63) is 10.6 Å². The molecule has 1 aromatic heterocycles. The van der Waals surface area contributed by atoms with Crippen LogP contribution in [0.3, 0.4) is 0 Å². The van der Waals surface area contributed by atoms with E-state index in [1.165, 1.54) is 24.2 Å². The average Bonchev–Trinajstić information content (AvgIpc) is 2.89. The zero-order valence-corrected chi connectivity index (χ0v) is 8.60. The van der Waals surface area contributed by atoms with Crippen LogP contribution in [-0.4, -0.2) is 24.4 Å². The number of hydrogen-bond donors (Lipinski definition) is 0. The van der Waals surface area contributed by atoms with Crippen molar-refractivity contribution in [1.82, 2.24) is 4.98 Å². The molecule has 4 heteroatoms. The fourth-order valence-electron chi connectivity index (χ4n) is 1.27. The van der Waals surface area contributed by atoms with E-state index in [4.69, 9.17) is 0 Å². The van der Waals surface area contributed by atoms with Gasteiger partial charge in [0.1, 0.15) is 0 Å². The highest BCUT2D eigenvalue weighted by Crippen LogP contribution is 2.33. The first-order chi connectivity index (χ1) is 6.22. The summed E-state index contributed by atoms with van der Waals surface area (Å²) in [4.78, 5) is 17.9. The monoisotopic (exact) mass is 196 g/mol. The normalized spacial score (nSPS) is 15.8. The third-order valence-corrected chi connectivity index (χ3v) is 3.50. The summed E-state index contributed by atoms with van der Waals surface area (Å²) in [5.74, 6) is 0. The molecule has 0 aliphatic heterocycles. The molecule has 70 valence electrons. The van der Waals surface area contributed by atoms with Crippen molar-refractivity contribution < 1.29 is 4.79 Å². The summed E-state index contributed by atoms with van der Waals surface area (Å²) in [6.45, 7) is 1.88. The van der Waals surface area contributed by atoms with E-state index in [0.29, 0.717) is 6.04 Å². The lowest BCUT2D eigenvalue weighted by Crippen LogP contribution is -2.18. The molecular weight excluding hydrogens is 184 g/mol. The summed E-state index contributed by atoms with van der Waals surface area (Å²) in [7, 11) is 2.05. The molecular formula is C9H12N2OS.